The van der Waals surface area contributed by atoms with Crippen molar-refractivity contribution in [2.75, 3.05) is 19.0 Å². The molecule has 7 nitrogen and oxygen atoms in total. The molecule has 1 amide bonds. The van der Waals surface area contributed by atoms with Crippen LogP contribution in [0.2, 0.25) is 0 Å². The highest BCUT2D eigenvalue weighted by Gasteiger charge is 2.15. The fourth-order valence-electron chi connectivity index (χ4n) is 2.75. The van der Waals surface area contributed by atoms with E-state index in [9.17, 15) is 18.0 Å². The fraction of sp³-hybridized carbons (Fsp3) is 0.0909. The van der Waals surface area contributed by atoms with Crippen LogP contribution in [-0.4, -0.2) is 33.9 Å². The second kappa shape index (κ2) is 9.34. The first kappa shape index (κ1) is 21.2. The van der Waals surface area contributed by atoms with Crippen LogP contribution in [0.3, 0.4) is 0 Å². The zero-order valence-corrected chi connectivity index (χ0v) is 17.0. The number of amides is 1. The summed E-state index contributed by atoms with van der Waals surface area (Å²) in [5.74, 6) is -1.21. The second-order valence-corrected chi connectivity index (χ2v) is 8.15. The van der Waals surface area contributed by atoms with Gasteiger partial charge in [0.25, 0.3) is 5.91 Å². The van der Waals surface area contributed by atoms with Gasteiger partial charge < -0.3 is 10.1 Å². The molecule has 2 N–H and O–H groups in total. The second-order valence-electron chi connectivity index (χ2n) is 6.27. The summed E-state index contributed by atoms with van der Waals surface area (Å²) in [6, 6.07) is 22.1. The number of carbonyl (C=O) groups excluding carboxylic acids is 2. The van der Waals surface area contributed by atoms with Crippen LogP contribution in [0.15, 0.2) is 83.8 Å². The highest BCUT2D eigenvalue weighted by molar-refractivity contribution is 7.89. The maximum absolute atomic E-state index is 12.3. The smallest absolute Gasteiger partial charge is 0.338 e. The third-order valence-electron chi connectivity index (χ3n) is 4.29. The van der Waals surface area contributed by atoms with E-state index in [1.165, 1.54) is 31.3 Å². The lowest BCUT2D eigenvalue weighted by molar-refractivity contribution is -0.119. The summed E-state index contributed by atoms with van der Waals surface area (Å²) in [5, 5.41) is 2.75. The van der Waals surface area contributed by atoms with E-state index in [1.54, 1.807) is 12.1 Å². The van der Waals surface area contributed by atoms with Crippen LogP contribution in [0.4, 0.5) is 5.69 Å². The lowest BCUT2D eigenvalue weighted by Crippen LogP contribution is -2.21. The van der Waals surface area contributed by atoms with E-state index in [0.717, 1.165) is 11.1 Å². The van der Waals surface area contributed by atoms with Gasteiger partial charge >= 0.3 is 5.97 Å². The molecule has 0 spiro atoms. The Morgan fingerprint density at radius 2 is 1.50 bits per heavy atom. The SMILES string of the molecule is CNS(=O)(=O)c1ccc(C(=O)OCC(=O)Nc2ccccc2-c2ccccc2)cc1. The molecule has 0 unspecified atom stereocenters. The molecule has 0 aliphatic rings. The van der Waals surface area contributed by atoms with Crippen LogP contribution >= 0.6 is 0 Å². The van der Waals surface area contributed by atoms with Crippen molar-refractivity contribution < 1.29 is 22.7 Å². The number of anilines is 1. The predicted octanol–water partition coefficient (Wildman–Crippen LogP) is 3.06. The van der Waals surface area contributed by atoms with Crippen molar-refractivity contribution in [3.8, 4) is 11.1 Å². The topological polar surface area (TPSA) is 102 Å². The number of sulfonamides is 1. The molecule has 30 heavy (non-hydrogen) atoms. The van der Waals surface area contributed by atoms with Gasteiger partial charge in [0.15, 0.2) is 6.61 Å². The van der Waals surface area contributed by atoms with Gasteiger partial charge in [0.2, 0.25) is 10.0 Å². The van der Waals surface area contributed by atoms with Gasteiger partial charge in [-0.05, 0) is 42.9 Å². The summed E-state index contributed by atoms with van der Waals surface area (Å²) >= 11 is 0. The van der Waals surface area contributed by atoms with Crippen molar-refractivity contribution in [1.29, 1.82) is 0 Å². The van der Waals surface area contributed by atoms with E-state index >= 15 is 0 Å². The summed E-state index contributed by atoms with van der Waals surface area (Å²) in [7, 11) is -2.30. The molecule has 8 heteroatoms. The quantitative estimate of drug-likeness (QED) is 0.568. The number of esters is 1. The van der Waals surface area contributed by atoms with Crippen molar-refractivity contribution >= 4 is 27.6 Å². The summed E-state index contributed by atoms with van der Waals surface area (Å²) in [5.41, 5.74) is 2.54. The monoisotopic (exact) mass is 424 g/mol. The van der Waals surface area contributed by atoms with E-state index in [2.05, 4.69) is 10.0 Å². The first-order valence-electron chi connectivity index (χ1n) is 9.06. The van der Waals surface area contributed by atoms with Crippen molar-refractivity contribution in [3.05, 3.63) is 84.4 Å². The van der Waals surface area contributed by atoms with Crippen LogP contribution in [0.1, 0.15) is 10.4 Å². The minimum atomic E-state index is -3.59. The van der Waals surface area contributed by atoms with Gasteiger partial charge in [-0.15, -0.1) is 0 Å². The Labute approximate surface area is 174 Å². The summed E-state index contributed by atoms with van der Waals surface area (Å²) in [4.78, 5) is 24.5. The molecule has 3 aromatic carbocycles. The Kier molecular flexibility index (Phi) is 6.61. The Bertz CT molecular complexity index is 1140. The molecule has 0 atom stereocenters. The normalized spacial score (nSPS) is 11.0. The van der Waals surface area contributed by atoms with Crippen LogP contribution in [0, 0.1) is 0 Å². The number of carbonyl (C=O) groups is 2. The Morgan fingerprint density at radius 1 is 0.867 bits per heavy atom. The molecule has 3 rings (SSSR count). The molecule has 0 heterocycles. The third-order valence-corrected chi connectivity index (χ3v) is 5.72. The minimum absolute atomic E-state index is 0.0248. The minimum Gasteiger partial charge on any atom is -0.452 e. The highest BCUT2D eigenvalue weighted by Crippen LogP contribution is 2.27. The molecule has 0 radical (unpaired) electrons. The van der Waals surface area contributed by atoms with Crippen LogP contribution in [0.25, 0.3) is 11.1 Å². The molecule has 0 aromatic heterocycles. The third kappa shape index (κ3) is 5.11. The van der Waals surface area contributed by atoms with Gasteiger partial charge in [-0.25, -0.2) is 17.9 Å². The number of hydrogen-bond donors (Lipinski definition) is 2. The maximum atomic E-state index is 12.3. The molecule has 0 fully saturated rings. The maximum Gasteiger partial charge on any atom is 0.338 e. The standard InChI is InChI=1S/C22H20N2O5S/c1-23-30(27,28)18-13-11-17(12-14-18)22(26)29-15-21(25)24-20-10-6-5-9-19(20)16-7-3-2-4-8-16/h2-14,23H,15H2,1H3,(H,24,25). The van der Waals surface area contributed by atoms with Gasteiger partial charge in [-0.3, -0.25) is 4.79 Å². The Hall–Kier alpha value is -3.49. The van der Waals surface area contributed by atoms with Gasteiger partial charge in [0.1, 0.15) is 0 Å². The number of nitrogens with one attached hydrogen (secondary N) is 2. The highest BCUT2D eigenvalue weighted by atomic mass is 32.2. The summed E-state index contributed by atoms with van der Waals surface area (Å²) in [6.07, 6.45) is 0. The van der Waals surface area contributed by atoms with E-state index in [1.807, 2.05) is 42.5 Å². The van der Waals surface area contributed by atoms with Crippen molar-refractivity contribution in [1.82, 2.24) is 4.72 Å². The van der Waals surface area contributed by atoms with Crippen molar-refractivity contribution in [2.24, 2.45) is 0 Å². The molecule has 0 aliphatic heterocycles. The molecule has 154 valence electrons. The number of para-hydroxylation sites is 1. The fourth-order valence-corrected chi connectivity index (χ4v) is 3.48. The van der Waals surface area contributed by atoms with Crippen LogP contribution in [-0.2, 0) is 19.6 Å². The van der Waals surface area contributed by atoms with Crippen molar-refractivity contribution in [2.45, 2.75) is 4.90 Å². The summed E-state index contributed by atoms with van der Waals surface area (Å²) in [6.45, 7) is -0.474. The zero-order valence-electron chi connectivity index (χ0n) is 16.2. The zero-order chi connectivity index (χ0) is 21.6. The molecule has 0 saturated heterocycles. The predicted molar refractivity (Wildman–Crippen MR) is 113 cm³/mol. The number of ether oxygens (including phenoxy) is 1. The largest absolute Gasteiger partial charge is 0.452 e. The van der Waals surface area contributed by atoms with Crippen LogP contribution < -0.4 is 10.0 Å². The molecular formula is C22H20N2O5S. The van der Waals surface area contributed by atoms with Gasteiger partial charge in [-0.1, -0.05) is 48.5 Å². The number of benzene rings is 3. The Balaban J connectivity index is 1.62. The van der Waals surface area contributed by atoms with Gasteiger partial charge in [-0.2, -0.15) is 0 Å². The van der Waals surface area contributed by atoms with E-state index in [4.69, 9.17) is 4.74 Å². The lowest BCUT2D eigenvalue weighted by atomic mass is 10.0. The first-order chi connectivity index (χ1) is 14.4. The first-order valence-corrected chi connectivity index (χ1v) is 10.5. The van der Waals surface area contributed by atoms with Crippen LogP contribution in [0.5, 0.6) is 0 Å². The summed E-state index contributed by atoms with van der Waals surface area (Å²) < 4.78 is 30.7. The molecular weight excluding hydrogens is 404 g/mol. The van der Waals surface area contributed by atoms with E-state index in [0.29, 0.717) is 5.69 Å². The molecule has 0 saturated carbocycles. The van der Waals surface area contributed by atoms with Gasteiger partial charge in [0.05, 0.1) is 10.5 Å². The van der Waals surface area contributed by atoms with Gasteiger partial charge in [0, 0.05) is 11.3 Å². The lowest BCUT2D eigenvalue weighted by Gasteiger charge is -2.11. The molecule has 3 aromatic rings. The molecule has 0 aliphatic carbocycles. The number of rotatable bonds is 7. The molecule has 0 bridgehead atoms. The number of hydrogen-bond acceptors (Lipinski definition) is 5. The van der Waals surface area contributed by atoms with Crippen molar-refractivity contribution in [3.63, 3.8) is 0 Å². The average Bonchev–Trinajstić information content (AvgIpc) is 2.78. The van der Waals surface area contributed by atoms with E-state index in [-0.39, 0.29) is 10.5 Å². The Morgan fingerprint density at radius 3 is 2.17 bits per heavy atom. The average molecular weight is 424 g/mol. The van der Waals surface area contributed by atoms with E-state index < -0.39 is 28.5 Å².